The molecule has 0 saturated heterocycles. The van der Waals surface area contributed by atoms with Gasteiger partial charge >= 0.3 is 0 Å². The highest BCUT2D eigenvalue weighted by atomic mass is 16.5. The first-order valence-corrected chi connectivity index (χ1v) is 6.40. The smallest absolute Gasteiger partial charge is 0.161 e. The number of hydrogen-bond donors (Lipinski definition) is 1. The predicted octanol–water partition coefficient (Wildman–Crippen LogP) is 1.92. The Morgan fingerprint density at radius 3 is 2.79 bits per heavy atom. The van der Waals surface area contributed by atoms with E-state index in [0.29, 0.717) is 0 Å². The maximum absolute atomic E-state index is 5.43. The lowest BCUT2D eigenvalue weighted by molar-refractivity contribution is 0.401. The summed E-state index contributed by atoms with van der Waals surface area (Å²) in [7, 11) is 3.60. The summed E-state index contributed by atoms with van der Waals surface area (Å²) in [6, 6.07) is 2.03. The van der Waals surface area contributed by atoms with Crippen LogP contribution in [0.3, 0.4) is 0 Å². The van der Waals surface area contributed by atoms with Crippen molar-refractivity contribution in [1.82, 2.24) is 20.1 Å². The van der Waals surface area contributed by atoms with Gasteiger partial charge in [-0.25, -0.2) is 0 Å². The zero-order valence-corrected chi connectivity index (χ0v) is 11.8. The Morgan fingerprint density at radius 1 is 1.42 bits per heavy atom. The van der Waals surface area contributed by atoms with Crippen molar-refractivity contribution in [1.29, 1.82) is 0 Å². The molecule has 2 rings (SSSR count). The van der Waals surface area contributed by atoms with Gasteiger partial charge in [0, 0.05) is 18.9 Å². The van der Waals surface area contributed by atoms with E-state index in [-0.39, 0.29) is 6.04 Å². The van der Waals surface area contributed by atoms with E-state index in [4.69, 9.17) is 4.74 Å². The van der Waals surface area contributed by atoms with Crippen LogP contribution in [0.1, 0.15) is 29.8 Å². The molecule has 0 fully saturated rings. The molecular formula is C14H20N4O. The molecule has 0 aromatic carbocycles. The average Bonchev–Trinajstić information content (AvgIpc) is 2.85. The van der Waals surface area contributed by atoms with Crippen LogP contribution in [0, 0.1) is 6.92 Å². The van der Waals surface area contributed by atoms with Crippen LogP contribution in [0.25, 0.3) is 0 Å². The number of aromatic nitrogens is 3. The van der Waals surface area contributed by atoms with Crippen molar-refractivity contribution in [3.8, 4) is 5.75 Å². The maximum atomic E-state index is 5.43. The summed E-state index contributed by atoms with van der Waals surface area (Å²) in [6.45, 7) is 4.95. The lowest BCUT2D eigenvalue weighted by Gasteiger charge is -2.20. The molecule has 0 amide bonds. The highest BCUT2D eigenvalue weighted by Gasteiger charge is 2.23. The van der Waals surface area contributed by atoms with E-state index in [9.17, 15) is 0 Å². The maximum Gasteiger partial charge on any atom is 0.161 e. The summed E-state index contributed by atoms with van der Waals surface area (Å²) in [4.78, 5) is 4.22. The molecule has 0 aliphatic carbocycles. The third-order valence-corrected chi connectivity index (χ3v) is 3.32. The van der Waals surface area contributed by atoms with E-state index < -0.39 is 0 Å². The van der Waals surface area contributed by atoms with Gasteiger partial charge in [-0.1, -0.05) is 0 Å². The molecule has 2 aromatic rings. The van der Waals surface area contributed by atoms with Crippen LogP contribution >= 0.6 is 0 Å². The van der Waals surface area contributed by atoms with E-state index in [1.807, 2.05) is 24.0 Å². The molecule has 2 heterocycles. The Kier molecular flexibility index (Phi) is 4.16. The Morgan fingerprint density at radius 2 is 2.21 bits per heavy atom. The first-order valence-electron chi connectivity index (χ1n) is 6.40. The first-order chi connectivity index (χ1) is 9.22. The van der Waals surface area contributed by atoms with Crippen molar-refractivity contribution in [2.45, 2.75) is 26.4 Å². The molecule has 102 valence electrons. The van der Waals surface area contributed by atoms with Crippen LogP contribution in [0.4, 0.5) is 0 Å². The van der Waals surface area contributed by atoms with E-state index in [0.717, 1.165) is 23.6 Å². The van der Waals surface area contributed by atoms with Crippen LogP contribution in [0.5, 0.6) is 5.75 Å². The molecule has 5 nitrogen and oxygen atoms in total. The van der Waals surface area contributed by atoms with Crippen molar-refractivity contribution < 1.29 is 4.74 Å². The molecule has 0 spiro atoms. The highest BCUT2D eigenvalue weighted by molar-refractivity contribution is 5.38. The van der Waals surface area contributed by atoms with E-state index >= 15 is 0 Å². The second-order valence-electron chi connectivity index (χ2n) is 4.37. The number of nitrogens with zero attached hydrogens (tertiary/aromatic N) is 3. The fraction of sp³-hybridized carbons (Fsp3) is 0.429. The van der Waals surface area contributed by atoms with Gasteiger partial charge in [-0.2, -0.15) is 5.10 Å². The van der Waals surface area contributed by atoms with Crippen LogP contribution in [-0.2, 0) is 6.54 Å². The Hall–Kier alpha value is -1.88. The summed E-state index contributed by atoms with van der Waals surface area (Å²) in [6.07, 6.45) is 5.46. The van der Waals surface area contributed by atoms with Gasteiger partial charge in [0.05, 0.1) is 19.3 Å². The van der Waals surface area contributed by atoms with Crippen LogP contribution in [0.2, 0.25) is 0 Å². The molecule has 2 aromatic heterocycles. The highest BCUT2D eigenvalue weighted by Crippen LogP contribution is 2.30. The molecule has 1 N–H and O–H groups in total. The largest absolute Gasteiger partial charge is 0.493 e. The summed E-state index contributed by atoms with van der Waals surface area (Å²) < 4.78 is 7.38. The minimum Gasteiger partial charge on any atom is -0.493 e. The Bertz CT molecular complexity index is 529. The molecule has 1 unspecified atom stereocenters. The summed E-state index contributed by atoms with van der Waals surface area (Å²) in [5, 5.41) is 7.69. The van der Waals surface area contributed by atoms with Crippen LogP contribution < -0.4 is 10.1 Å². The molecule has 19 heavy (non-hydrogen) atoms. The molecule has 5 heteroatoms. The standard InChI is InChI=1S/C14H20N4O/c1-5-18-14(12(19-4)9-17-18)13(15-3)11-8-16-7-6-10(11)2/h6-9,13,15H,5H2,1-4H3. The van der Waals surface area contributed by atoms with Gasteiger partial charge in [0.1, 0.15) is 5.69 Å². The van der Waals surface area contributed by atoms with Crippen molar-refractivity contribution in [3.63, 3.8) is 0 Å². The number of nitrogens with one attached hydrogen (secondary N) is 1. The van der Waals surface area contributed by atoms with Gasteiger partial charge in [-0.15, -0.1) is 0 Å². The molecule has 0 aliphatic heterocycles. The SMILES string of the molecule is CCn1ncc(OC)c1C(NC)c1cnccc1C. The Labute approximate surface area is 113 Å². The summed E-state index contributed by atoms with van der Waals surface area (Å²) in [5.74, 6) is 0.796. The fourth-order valence-corrected chi connectivity index (χ4v) is 2.30. The third-order valence-electron chi connectivity index (χ3n) is 3.32. The number of rotatable bonds is 5. The van der Waals surface area contributed by atoms with E-state index in [1.54, 1.807) is 19.5 Å². The predicted molar refractivity (Wildman–Crippen MR) is 74.3 cm³/mol. The van der Waals surface area contributed by atoms with Crippen molar-refractivity contribution >= 4 is 0 Å². The lowest BCUT2D eigenvalue weighted by Crippen LogP contribution is -2.23. The second kappa shape index (κ2) is 5.84. The van der Waals surface area contributed by atoms with Gasteiger partial charge in [-0.05, 0) is 38.1 Å². The zero-order valence-electron chi connectivity index (χ0n) is 11.8. The summed E-state index contributed by atoms with van der Waals surface area (Å²) in [5.41, 5.74) is 3.36. The average molecular weight is 260 g/mol. The number of pyridine rings is 1. The zero-order chi connectivity index (χ0) is 13.8. The van der Waals surface area contributed by atoms with Gasteiger partial charge in [0.2, 0.25) is 0 Å². The molecule has 0 bridgehead atoms. The number of methoxy groups -OCH3 is 1. The van der Waals surface area contributed by atoms with Gasteiger partial charge < -0.3 is 10.1 Å². The van der Waals surface area contributed by atoms with Gasteiger partial charge in [0.25, 0.3) is 0 Å². The monoisotopic (exact) mass is 260 g/mol. The van der Waals surface area contributed by atoms with Crippen molar-refractivity contribution in [3.05, 3.63) is 41.5 Å². The quantitative estimate of drug-likeness (QED) is 0.892. The minimum atomic E-state index is 0.0195. The number of aryl methyl sites for hydroxylation is 2. The topological polar surface area (TPSA) is 52.0 Å². The van der Waals surface area contributed by atoms with Gasteiger partial charge in [-0.3, -0.25) is 9.67 Å². The molecule has 1 atom stereocenters. The second-order valence-corrected chi connectivity index (χ2v) is 4.37. The lowest BCUT2D eigenvalue weighted by atomic mass is 10.0. The van der Waals surface area contributed by atoms with Crippen LogP contribution in [-0.4, -0.2) is 28.9 Å². The van der Waals surface area contributed by atoms with Crippen molar-refractivity contribution in [2.75, 3.05) is 14.2 Å². The molecular weight excluding hydrogens is 240 g/mol. The van der Waals surface area contributed by atoms with Crippen LogP contribution in [0.15, 0.2) is 24.7 Å². The van der Waals surface area contributed by atoms with E-state index in [1.165, 1.54) is 5.56 Å². The van der Waals surface area contributed by atoms with E-state index in [2.05, 4.69) is 29.2 Å². The first kappa shape index (κ1) is 13.5. The molecule has 0 radical (unpaired) electrons. The van der Waals surface area contributed by atoms with Gasteiger partial charge in [0.15, 0.2) is 5.75 Å². The number of ether oxygens (including phenoxy) is 1. The normalized spacial score (nSPS) is 12.4. The summed E-state index contributed by atoms with van der Waals surface area (Å²) >= 11 is 0. The molecule has 0 aliphatic rings. The third kappa shape index (κ3) is 2.46. The van der Waals surface area contributed by atoms with Crippen molar-refractivity contribution in [2.24, 2.45) is 0 Å². The fourth-order valence-electron chi connectivity index (χ4n) is 2.30. The Balaban J connectivity index is 2.54. The minimum absolute atomic E-state index is 0.0195. The molecule has 0 saturated carbocycles. The number of hydrogen-bond acceptors (Lipinski definition) is 4.